The van der Waals surface area contributed by atoms with Crippen molar-refractivity contribution in [1.29, 1.82) is 0 Å². The van der Waals surface area contributed by atoms with Crippen LogP contribution in [0.1, 0.15) is 60.7 Å². The first kappa shape index (κ1) is 18.7. The molecule has 3 nitrogen and oxygen atoms in total. The number of benzene rings is 1. The molecule has 24 heavy (non-hydrogen) atoms. The second kappa shape index (κ2) is 7.93. The molecule has 0 fully saturated rings. The van der Waals surface area contributed by atoms with Crippen LogP contribution in [0.4, 0.5) is 0 Å². The predicted octanol–water partition coefficient (Wildman–Crippen LogP) is 5.06. The second-order valence-electron chi connectivity index (χ2n) is 6.71. The molecule has 0 saturated heterocycles. The van der Waals surface area contributed by atoms with Gasteiger partial charge in [0, 0.05) is 6.54 Å². The van der Waals surface area contributed by atoms with Gasteiger partial charge in [0.05, 0.1) is 19.2 Å². The van der Waals surface area contributed by atoms with Crippen molar-refractivity contribution in [2.75, 3.05) is 6.54 Å². The van der Waals surface area contributed by atoms with Crippen LogP contribution < -0.4 is 0 Å². The van der Waals surface area contributed by atoms with Crippen LogP contribution in [0.5, 0.6) is 0 Å². The molecule has 130 valence electrons. The lowest BCUT2D eigenvalue weighted by Crippen LogP contribution is -2.34. The summed E-state index contributed by atoms with van der Waals surface area (Å²) in [6, 6.07) is 10.9. The van der Waals surface area contributed by atoms with Crippen LogP contribution >= 0.6 is 0 Å². The molecule has 1 aliphatic heterocycles. The van der Waals surface area contributed by atoms with E-state index >= 15 is 0 Å². The van der Waals surface area contributed by atoms with E-state index < -0.39 is 8.07 Å². The molecular formula is C20H29NO2Si. The number of carbonyl (C=O) groups is 2. The largest absolute Gasteiger partial charge is 0.274 e. The zero-order valence-electron chi connectivity index (χ0n) is 15.2. The number of allylic oxidation sites excluding steroid dienone is 1. The average Bonchev–Trinajstić information content (AvgIpc) is 2.85. The van der Waals surface area contributed by atoms with E-state index in [4.69, 9.17) is 0 Å². The fourth-order valence-corrected chi connectivity index (χ4v) is 7.52. The third-order valence-corrected chi connectivity index (χ3v) is 11.6. The lowest BCUT2D eigenvalue weighted by Gasteiger charge is -2.30. The van der Waals surface area contributed by atoms with Crippen molar-refractivity contribution >= 4 is 19.9 Å². The molecule has 0 unspecified atom stereocenters. The topological polar surface area (TPSA) is 37.4 Å². The Morgan fingerprint density at radius 1 is 0.958 bits per heavy atom. The number of imide groups is 1. The van der Waals surface area contributed by atoms with Crippen molar-refractivity contribution in [3.05, 3.63) is 47.2 Å². The van der Waals surface area contributed by atoms with E-state index in [1.165, 1.54) is 28.2 Å². The van der Waals surface area contributed by atoms with Crippen LogP contribution in [0.3, 0.4) is 0 Å². The molecule has 0 atom stereocenters. The third-order valence-electron chi connectivity index (χ3n) is 5.77. The average molecular weight is 344 g/mol. The predicted molar refractivity (Wildman–Crippen MR) is 102 cm³/mol. The monoisotopic (exact) mass is 343 g/mol. The lowest BCUT2D eigenvalue weighted by molar-refractivity contribution is 0.0652. The molecule has 0 bridgehead atoms. The Hall–Kier alpha value is -1.68. The van der Waals surface area contributed by atoms with Gasteiger partial charge in [0.2, 0.25) is 0 Å². The highest BCUT2D eigenvalue weighted by Crippen LogP contribution is 2.30. The molecule has 1 aliphatic rings. The van der Waals surface area contributed by atoms with Gasteiger partial charge in [0.1, 0.15) is 0 Å². The number of hydrogen-bond acceptors (Lipinski definition) is 2. The lowest BCUT2D eigenvalue weighted by atomic mass is 10.1. The fraction of sp³-hybridized carbons (Fsp3) is 0.500. The molecule has 4 heteroatoms. The van der Waals surface area contributed by atoms with E-state index in [2.05, 4.69) is 27.4 Å². The van der Waals surface area contributed by atoms with Gasteiger partial charge < -0.3 is 0 Å². The van der Waals surface area contributed by atoms with Crippen molar-refractivity contribution in [3.63, 3.8) is 0 Å². The van der Waals surface area contributed by atoms with Crippen LogP contribution in [0, 0.1) is 0 Å². The van der Waals surface area contributed by atoms with Gasteiger partial charge in [-0.25, -0.2) is 0 Å². The number of nitrogens with zero attached hydrogens (tertiary/aromatic N) is 1. The van der Waals surface area contributed by atoms with E-state index in [0.717, 1.165) is 19.3 Å². The summed E-state index contributed by atoms with van der Waals surface area (Å²) in [6.45, 7) is 11.8. The molecule has 2 amide bonds. The third kappa shape index (κ3) is 3.39. The highest BCUT2D eigenvalue weighted by molar-refractivity contribution is 6.86. The van der Waals surface area contributed by atoms with E-state index in [9.17, 15) is 9.59 Å². The van der Waals surface area contributed by atoms with Gasteiger partial charge in [-0.3, -0.25) is 14.5 Å². The van der Waals surface area contributed by atoms with Crippen LogP contribution in [0.15, 0.2) is 36.0 Å². The number of hydrogen-bond donors (Lipinski definition) is 0. The number of amides is 2. The van der Waals surface area contributed by atoms with E-state index in [1.807, 2.05) is 12.1 Å². The normalized spacial score (nSPS) is 14.2. The molecule has 0 N–H and O–H groups in total. The second-order valence-corrected chi connectivity index (χ2v) is 12.1. The highest BCUT2D eigenvalue weighted by Gasteiger charge is 2.34. The first-order valence-corrected chi connectivity index (χ1v) is 11.8. The number of unbranched alkanes of at least 4 members (excludes halogenated alkanes) is 1. The quantitative estimate of drug-likeness (QED) is 0.357. The van der Waals surface area contributed by atoms with Crippen molar-refractivity contribution in [2.24, 2.45) is 0 Å². The Morgan fingerprint density at radius 3 is 1.92 bits per heavy atom. The SMILES string of the molecule is C=C(CCCCN1C(=O)c2ccccc2C1=O)[Si](CC)(CC)CC. The summed E-state index contributed by atoms with van der Waals surface area (Å²) in [4.78, 5) is 26.1. The van der Waals surface area contributed by atoms with Gasteiger partial charge in [-0.05, 0) is 31.4 Å². The molecule has 1 aromatic carbocycles. The Labute approximate surface area is 146 Å². The van der Waals surface area contributed by atoms with Gasteiger partial charge in [0.15, 0.2) is 0 Å². The highest BCUT2D eigenvalue weighted by atomic mass is 28.3. The molecule has 2 rings (SSSR count). The maximum Gasteiger partial charge on any atom is 0.261 e. The Morgan fingerprint density at radius 2 is 1.46 bits per heavy atom. The molecular weight excluding hydrogens is 314 g/mol. The summed E-state index contributed by atoms with van der Waals surface area (Å²) < 4.78 is 0. The summed E-state index contributed by atoms with van der Waals surface area (Å²) >= 11 is 0. The zero-order chi connectivity index (χ0) is 17.7. The zero-order valence-corrected chi connectivity index (χ0v) is 16.2. The van der Waals surface area contributed by atoms with Gasteiger partial charge in [-0.1, -0.05) is 56.2 Å². The molecule has 0 spiro atoms. The van der Waals surface area contributed by atoms with Gasteiger partial charge >= 0.3 is 0 Å². The Bertz CT molecular complexity index is 591. The minimum absolute atomic E-state index is 0.145. The van der Waals surface area contributed by atoms with Crippen LogP contribution in [-0.4, -0.2) is 31.3 Å². The van der Waals surface area contributed by atoms with Crippen molar-refractivity contribution in [1.82, 2.24) is 4.90 Å². The molecule has 0 aliphatic carbocycles. The van der Waals surface area contributed by atoms with E-state index in [0.29, 0.717) is 17.7 Å². The van der Waals surface area contributed by atoms with Crippen LogP contribution in [0.25, 0.3) is 0 Å². The Balaban J connectivity index is 1.87. The summed E-state index contributed by atoms with van der Waals surface area (Å²) in [7, 11) is -1.32. The fourth-order valence-electron chi connectivity index (χ4n) is 3.82. The van der Waals surface area contributed by atoms with E-state index in [1.54, 1.807) is 12.1 Å². The molecule has 1 aromatic rings. The van der Waals surface area contributed by atoms with Crippen molar-refractivity contribution in [3.8, 4) is 0 Å². The number of carbonyl (C=O) groups excluding carboxylic acids is 2. The van der Waals surface area contributed by atoms with Crippen molar-refractivity contribution in [2.45, 2.75) is 58.2 Å². The molecule has 0 saturated carbocycles. The van der Waals surface area contributed by atoms with Gasteiger partial charge in [-0.15, -0.1) is 6.58 Å². The summed E-state index contributed by atoms with van der Waals surface area (Å²) in [5, 5.41) is 1.46. The minimum atomic E-state index is -1.32. The Kier molecular flexibility index (Phi) is 6.16. The summed E-state index contributed by atoms with van der Waals surface area (Å²) in [6.07, 6.45) is 2.89. The van der Waals surface area contributed by atoms with Gasteiger partial charge in [-0.2, -0.15) is 0 Å². The molecule has 0 radical (unpaired) electrons. The molecule has 0 aromatic heterocycles. The first-order chi connectivity index (χ1) is 11.5. The van der Waals surface area contributed by atoms with Crippen molar-refractivity contribution < 1.29 is 9.59 Å². The van der Waals surface area contributed by atoms with Crippen LogP contribution in [-0.2, 0) is 0 Å². The first-order valence-electron chi connectivity index (χ1n) is 9.14. The molecule has 1 heterocycles. The van der Waals surface area contributed by atoms with Crippen LogP contribution in [0.2, 0.25) is 18.1 Å². The smallest absolute Gasteiger partial charge is 0.261 e. The summed E-state index contributed by atoms with van der Waals surface area (Å²) in [5.41, 5.74) is 1.09. The maximum atomic E-state index is 12.3. The number of fused-ring (bicyclic) bond motifs is 1. The number of rotatable bonds is 9. The van der Waals surface area contributed by atoms with E-state index in [-0.39, 0.29) is 11.8 Å². The summed E-state index contributed by atoms with van der Waals surface area (Å²) in [5.74, 6) is -0.289. The standard InChI is InChI=1S/C20H29NO2Si/c1-5-24(6-2,7-3)16(4)12-10-11-15-21-19(22)17-13-8-9-14-18(17)20(21)23/h8-9,13-14H,4-7,10-12,15H2,1-3H3. The minimum Gasteiger partial charge on any atom is -0.274 e. The van der Waals surface area contributed by atoms with Gasteiger partial charge in [0.25, 0.3) is 11.8 Å². The maximum absolute atomic E-state index is 12.3.